The van der Waals surface area contributed by atoms with Crippen LogP contribution in [0.4, 0.5) is 4.39 Å². The van der Waals surface area contributed by atoms with Crippen LogP contribution < -0.4 is 4.74 Å². The second-order valence-electron chi connectivity index (χ2n) is 9.26. The number of amides is 1. The van der Waals surface area contributed by atoms with Gasteiger partial charge in [0.05, 0.1) is 26.3 Å². The summed E-state index contributed by atoms with van der Waals surface area (Å²) in [6, 6.07) is 8.44. The summed E-state index contributed by atoms with van der Waals surface area (Å²) in [6.07, 6.45) is 7.44. The molecule has 2 aliphatic rings. The van der Waals surface area contributed by atoms with Gasteiger partial charge in [-0.25, -0.2) is 9.37 Å². The topological polar surface area (TPSA) is 81.7 Å². The van der Waals surface area contributed by atoms with Gasteiger partial charge in [0.25, 0.3) is 0 Å². The van der Waals surface area contributed by atoms with E-state index in [0.29, 0.717) is 17.9 Å². The number of aliphatic hydroxyl groups excluding tert-OH is 1. The number of aromatic amines is 1. The number of halogens is 1. The number of aliphatic hydroxyl groups is 1. The number of rotatable bonds is 6. The Hall–Kier alpha value is -3.23. The number of benzene rings is 1. The SMILES string of the molecule is COc1ccc(F)cc1-c1ccnc2[nH]c(C3=CCCN(CC(=O)N4CCC[C@H]4CO)CC3)cc12. The highest BCUT2D eigenvalue weighted by Crippen LogP contribution is 2.36. The normalized spacial score (nSPS) is 19.1. The zero-order valence-corrected chi connectivity index (χ0v) is 20.0. The number of carbonyl (C=O) groups excluding carboxylic acids is 1. The van der Waals surface area contributed by atoms with E-state index in [2.05, 4.69) is 27.0 Å². The zero-order valence-electron chi connectivity index (χ0n) is 20.0. The molecule has 2 N–H and O–H groups in total. The molecule has 1 aromatic carbocycles. The number of ether oxygens (including phenoxy) is 1. The van der Waals surface area contributed by atoms with Gasteiger partial charge >= 0.3 is 0 Å². The van der Waals surface area contributed by atoms with E-state index in [0.717, 1.165) is 67.6 Å². The molecular weight excluding hydrogens is 447 g/mol. The third kappa shape index (κ3) is 4.81. The maximum Gasteiger partial charge on any atom is 0.237 e. The Morgan fingerprint density at radius 1 is 1.23 bits per heavy atom. The molecule has 4 heterocycles. The van der Waals surface area contributed by atoms with Crippen molar-refractivity contribution in [3.8, 4) is 16.9 Å². The molecule has 8 heteroatoms. The van der Waals surface area contributed by atoms with Gasteiger partial charge in [0.2, 0.25) is 5.91 Å². The molecule has 0 aliphatic carbocycles. The number of likely N-dealkylation sites (tertiary alicyclic amines) is 1. The maximum absolute atomic E-state index is 14.0. The Labute approximate surface area is 204 Å². The van der Waals surface area contributed by atoms with Crippen LogP contribution in [0.3, 0.4) is 0 Å². The quantitative estimate of drug-likeness (QED) is 0.563. The molecule has 2 aliphatic heterocycles. The Kier molecular flexibility index (Phi) is 6.83. The Balaban J connectivity index is 1.34. The Morgan fingerprint density at radius 2 is 2.11 bits per heavy atom. The summed E-state index contributed by atoms with van der Waals surface area (Å²) in [5.74, 6) is 0.396. The second kappa shape index (κ2) is 10.2. The minimum atomic E-state index is -0.318. The van der Waals surface area contributed by atoms with Crippen molar-refractivity contribution in [2.24, 2.45) is 0 Å². The number of aromatic nitrogens is 2. The molecule has 5 rings (SSSR count). The zero-order chi connectivity index (χ0) is 24.4. The number of pyridine rings is 1. The average Bonchev–Trinajstić information content (AvgIpc) is 3.46. The molecule has 0 radical (unpaired) electrons. The number of hydrogen-bond donors (Lipinski definition) is 2. The van der Waals surface area contributed by atoms with Gasteiger partial charge in [-0.05, 0) is 67.2 Å². The fourth-order valence-corrected chi connectivity index (χ4v) is 5.28. The van der Waals surface area contributed by atoms with Crippen molar-refractivity contribution in [2.75, 3.05) is 39.9 Å². The molecule has 1 atom stereocenters. The van der Waals surface area contributed by atoms with Crippen LogP contribution in [0.2, 0.25) is 0 Å². The summed E-state index contributed by atoms with van der Waals surface area (Å²) in [5.41, 5.74) is 4.46. The van der Waals surface area contributed by atoms with Crippen molar-refractivity contribution in [3.63, 3.8) is 0 Å². The van der Waals surface area contributed by atoms with Gasteiger partial charge in [-0.3, -0.25) is 9.69 Å². The molecule has 7 nitrogen and oxygen atoms in total. The number of H-pyrrole nitrogens is 1. The lowest BCUT2D eigenvalue weighted by Crippen LogP contribution is -2.44. The minimum absolute atomic E-state index is 0.0343. The van der Waals surface area contributed by atoms with Crippen LogP contribution in [-0.4, -0.2) is 76.7 Å². The first-order chi connectivity index (χ1) is 17.1. The highest BCUT2D eigenvalue weighted by atomic mass is 19.1. The van der Waals surface area contributed by atoms with E-state index in [-0.39, 0.29) is 24.4 Å². The Bertz CT molecular complexity index is 1250. The molecule has 1 amide bonds. The van der Waals surface area contributed by atoms with Crippen LogP contribution in [0.15, 0.2) is 42.6 Å². The van der Waals surface area contributed by atoms with Gasteiger partial charge < -0.3 is 19.7 Å². The summed E-state index contributed by atoms with van der Waals surface area (Å²) in [7, 11) is 1.58. The van der Waals surface area contributed by atoms with E-state index in [1.807, 2.05) is 11.0 Å². The van der Waals surface area contributed by atoms with Crippen LogP contribution >= 0.6 is 0 Å². The fraction of sp³-hybridized carbons (Fsp3) is 0.407. The van der Waals surface area contributed by atoms with Gasteiger partial charge in [-0.15, -0.1) is 0 Å². The largest absolute Gasteiger partial charge is 0.496 e. The molecule has 3 aromatic rings. The number of methoxy groups -OCH3 is 1. The second-order valence-corrected chi connectivity index (χ2v) is 9.26. The fourth-order valence-electron chi connectivity index (χ4n) is 5.28. The molecule has 1 saturated heterocycles. The van der Waals surface area contributed by atoms with E-state index in [9.17, 15) is 14.3 Å². The van der Waals surface area contributed by atoms with Gasteiger partial charge in [0.1, 0.15) is 17.2 Å². The molecule has 35 heavy (non-hydrogen) atoms. The third-order valence-corrected chi connectivity index (χ3v) is 7.13. The monoisotopic (exact) mass is 478 g/mol. The molecule has 184 valence electrons. The number of carbonyl (C=O) groups is 1. The summed E-state index contributed by atoms with van der Waals surface area (Å²) < 4.78 is 19.5. The van der Waals surface area contributed by atoms with Crippen LogP contribution in [0.1, 0.15) is 31.4 Å². The predicted octanol–water partition coefficient (Wildman–Crippen LogP) is 3.84. The lowest BCUT2D eigenvalue weighted by molar-refractivity contribution is -0.133. The summed E-state index contributed by atoms with van der Waals surface area (Å²) in [4.78, 5) is 24.8. The third-order valence-electron chi connectivity index (χ3n) is 7.13. The number of fused-ring (bicyclic) bond motifs is 1. The molecule has 0 unspecified atom stereocenters. The minimum Gasteiger partial charge on any atom is -0.496 e. The van der Waals surface area contributed by atoms with Gasteiger partial charge in [-0.2, -0.15) is 0 Å². The van der Waals surface area contributed by atoms with Gasteiger partial charge in [-0.1, -0.05) is 6.08 Å². The van der Waals surface area contributed by atoms with Crippen LogP contribution in [0.25, 0.3) is 27.7 Å². The smallest absolute Gasteiger partial charge is 0.237 e. The highest BCUT2D eigenvalue weighted by Gasteiger charge is 2.29. The molecule has 0 saturated carbocycles. The predicted molar refractivity (Wildman–Crippen MR) is 134 cm³/mol. The van der Waals surface area contributed by atoms with E-state index >= 15 is 0 Å². The molecule has 0 spiro atoms. The number of nitrogens with zero attached hydrogens (tertiary/aromatic N) is 3. The number of hydrogen-bond acceptors (Lipinski definition) is 5. The van der Waals surface area contributed by atoms with Crippen molar-refractivity contribution in [3.05, 3.63) is 54.1 Å². The molecule has 0 bridgehead atoms. The van der Waals surface area contributed by atoms with Gasteiger partial charge in [0.15, 0.2) is 0 Å². The van der Waals surface area contributed by atoms with Crippen LogP contribution in [0, 0.1) is 5.82 Å². The van der Waals surface area contributed by atoms with Crippen molar-refractivity contribution in [1.29, 1.82) is 0 Å². The van der Waals surface area contributed by atoms with Crippen LogP contribution in [-0.2, 0) is 4.79 Å². The first-order valence-corrected chi connectivity index (χ1v) is 12.2. The Morgan fingerprint density at radius 3 is 2.94 bits per heavy atom. The first kappa shape index (κ1) is 23.5. The first-order valence-electron chi connectivity index (χ1n) is 12.2. The van der Waals surface area contributed by atoms with Crippen molar-refractivity contribution in [2.45, 2.75) is 31.7 Å². The molecule has 1 fully saturated rings. The highest BCUT2D eigenvalue weighted by molar-refractivity contribution is 5.96. The summed E-state index contributed by atoms with van der Waals surface area (Å²) >= 11 is 0. The van der Waals surface area contributed by atoms with E-state index in [1.165, 1.54) is 17.7 Å². The summed E-state index contributed by atoms with van der Waals surface area (Å²) in [5, 5.41) is 10.5. The average molecular weight is 479 g/mol. The van der Waals surface area contributed by atoms with Gasteiger partial charge in [0, 0.05) is 42.5 Å². The van der Waals surface area contributed by atoms with E-state index < -0.39 is 0 Å². The standard InChI is InChI=1S/C27H31FN4O3/c1-35-25-7-6-19(28)14-22(25)21-8-10-29-27-23(21)15-24(30-27)18-4-2-11-31(13-9-18)16-26(34)32-12-3-5-20(32)17-33/h4,6-8,10,14-15,20,33H,2-3,5,9,11-13,16-17H2,1H3,(H,29,30)/t20-/m0/s1. The number of nitrogens with one attached hydrogen (secondary N) is 1. The lowest BCUT2D eigenvalue weighted by Gasteiger charge is -2.27. The maximum atomic E-state index is 14.0. The lowest BCUT2D eigenvalue weighted by atomic mass is 10.0. The van der Waals surface area contributed by atoms with Crippen molar-refractivity contribution < 1.29 is 19.0 Å². The van der Waals surface area contributed by atoms with E-state index in [1.54, 1.807) is 19.4 Å². The van der Waals surface area contributed by atoms with E-state index in [4.69, 9.17) is 4.74 Å². The van der Waals surface area contributed by atoms with Crippen molar-refractivity contribution >= 4 is 22.5 Å². The molecular formula is C27H31FN4O3. The van der Waals surface area contributed by atoms with Crippen LogP contribution in [0.5, 0.6) is 5.75 Å². The molecule has 2 aromatic heterocycles. The summed E-state index contributed by atoms with van der Waals surface area (Å²) in [6.45, 7) is 2.76. The van der Waals surface area contributed by atoms with Crippen molar-refractivity contribution in [1.82, 2.24) is 19.8 Å².